The van der Waals surface area contributed by atoms with E-state index in [1.807, 2.05) is 12.1 Å². The highest BCUT2D eigenvalue weighted by Crippen LogP contribution is 2.16. The van der Waals surface area contributed by atoms with Crippen molar-refractivity contribution in [2.75, 3.05) is 6.54 Å². The number of hydrogen-bond donors (Lipinski definition) is 4. The summed E-state index contributed by atoms with van der Waals surface area (Å²) in [7, 11) is 0. The molecular weight excluding hydrogens is 351 g/mol. The first-order valence-electron chi connectivity index (χ1n) is 7.84. The van der Waals surface area contributed by atoms with Gasteiger partial charge in [-0.1, -0.05) is 23.7 Å². The molecule has 6 nitrogen and oxygen atoms in total. The van der Waals surface area contributed by atoms with Crippen molar-refractivity contribution in [1.29, 1.82) is 0 Å². The third kappa shape index (κ3) is 7.38. The van der Waals surface area contributed by atoms with Gasteiger partial charge in [0.15, 0.2) is 0 Å². The normalized spacial score (nSPS) is 19.8. The lowest BCUT2D eigenvalue weighted by atomic mass is 9.92. The fourth-order valence-electron chi connectivity index (χ4n) is 2.55. The van der Waals surface area contributed by atoms with Gasteiger partial charge in [0.1, 0.15) is 0 Å². The van der Waals surface area contributed by atoms with Gasteiger partial charge in [-0.05, 0) is 43.4 Å². The number of benzene rings is 1. The van der Waals surface area contributed by atoms with E-state index in [9.17, 15) is 9.59 Å². The Bertz CT molecular complexity index is 531. The van der Waals surface area contributed by atoms with Gasteiger partial charge >= 0.3 is 6.03 Å². The summed E-state index contributed by atoms with van der Waals surface area (Å²) >= 11 is 5.80. The molecule has 8 heteroatoms. The second-order valence-corrected chi connectivity index (χ2v) is 6.28. The summed E-state index contributed by atoms with van der Waals surface area (Å²) in [4.78, 5) is 23.5. The van der Waals surface area contributed by atoms with Gasteiger partial charge in [0, 0.05) is 23.7 Å². The van der Waals surface area contributed by atoms with Crippen LogP contribution in [0, 0.1) is 0 Å². The third-order valence-electron chi connectivity index (χ3n) is 3.91. The van der Waals surface area contributed by atoms with E-state index in [1.54, 1.807) is 12.1 Å². The van der Waals surface area contributed by atoms with E-state index in [0.29, 0.717) is 11.6 Å². The molecule has 0 bridgehead atoms. The summed E-state index contributed by atoms with van der Waals surface area (Å²) in [6.45, 7) is 0.347. The maximum absolute atomic E-state index is 11.8. The molecule has 1 aromatic carbocycles. The van der Waals surface area contributed by atoms with Crippen LogP contribution < -0.4 is 21.7 Å². The summed E-state index contributed by atoms with van der Waals surface area (Å²) in [6, 6.07) is 7.24. The molecule has 0 unspecified atom stereocenters. The highest BCUT2D eigenvalue weighted by Gasteiger charge is 2.19. The van der Waals surface area contributed by atoms with Gasteiger partial charge in [-0.15, -0.1) is 12.4 Å². The zero-order valence-corrected chi connectivity index (χ0v) is 15.0. The minimum atomic E-state index is -0.374. The van der Waals surface area contributed by atoms with E-state index in [2.05, 4.69) is 16.0 Å². The largest absolute Gasteiger partial charge is 0.352 e. The summed E-state index contributed by atoms with van der Waals surface area (Å²) in [5, 5.41) is 8.82. The molecule has 1 saturated carbocycles. The zero-order valence-electron chi connectivity index (χ0n) is 13.4. The van der Waals surface area contributed by atoms with E-state index in [-0.39, 0.29) is 43.0 Å². The van der Waals surface area contributed by atoms with Crippen molar-refractivity contribution in [3.8, 4) is 0 Å². The Labute approximate surface area is 153 Å². The molecule has 24 heavy (non-hydrogen) atoms. The lowest BCUT2D eigenvalue weighted by Gasteiger charge is -2.26. The Balaban J connectivity index is 0.00000288. The molecule has 3 amide bonds. The first kappa shape index (κ1) is 20.5. The number of halogens is 2. The Kier molecular flexibility index (Phi) is 8.89. The van der Waals surface area contributed by atoms with E-state index in [4.69, 9.17) is 17.3 Å². The molecule has 0 radical (unpaired) electrons. The lowest BCUT2D eigenvalue weighted by Crippen LogP contribution is -2.46. The standard InChI is InChI=1S/C16H23ClN4O2.ClH/c17-12-3-1-11(2-4-12)9-19-16(23)20-10-15(22)21-14-7-5-13(18)6-8-14;/h1-4,13-14H,5-10,18H2,(H,21,22)(H2,19,20,23);1H. The fraction of sp³-hybridized carbons (Fsp3) is 0.500. The second-order valence-electron chi connectivity index (χ2n) is 5.84. The van der Waals surface area contributed by atoms with Crippen molar-refractivity contribution < 1.29 is 9.59 Å². The van der Waals surface area contributed by atoms with Gasteiger partial charge in [-0.2, -0.15) is 0 Å². The van der Waals surface area contributed by atoms with Crippen LogP contribution in [0.1, 0.15) is 31.2 Å². The van der Waals surface area contributed by atoms with Gasteiger partial charge in [0.25, 0.3) is 0 Å². The van der Waals surface area contributed by atoms with Crippen LogP contribution in [-0.2, 0) is 11.3 Å². The number of urea groups is 1. The molecule has 0 heterocycles. The van der Waals surface area contributed by atoms with Crippen LogP contribution in [0.15, 0.2) is 24.3 Å². The first-order valence-corrected chi connectivity index (χ1v) is 8.22. The summed E-state index contributed by atoms with van der Waals surface area (Å²) < 4.78 is 0. The van der Waals surface area contributed by atoms with Crippen molar-refractivity contribution in [3.05, 3.63) is 34.9 Å². The number of hydrogen-bond acceptors (Lipinski definition) is 3. The molecule has 1 fully saturated rings. The SMILES string of the molecule is Cl.NC1CCC(NC(=O)CNC(=O)NCc2ccc(Cl)cc2)CC1. The molecule has 0 aliphatic heterocycles. The van der Waals surface area contributed by atoms with Crippen molar-refractivity contribution >= 4 is 35.9 Å². The van der Waals surface area contributed by atoms with Crippen molar-refractivity contribution in [2.24, 2.45) is 5.73 Å². The van der Waals surface area contributed by atoms with Crippen molar-refractivity contribution in [1.82, 2.24) is 16.0 Å². The van der Waals surface area contributed by atoms with Crippen LogP contribution in [0.4, 0.5) is 4.79 Å². The first-order chi connectivity index (χ1) is 11.0. The maximum atomic E-state index is 11.8. The topological polar surface area (TPSA) is 96.2 Å². The molecule has 1 aromatic rings. The van der Waals surface area contributed by atoms with Gasteiger partial charge < -0.3 is 21.7 Å². The smallest absolute Gasteiger partial charge is 0.315 e. The number of carbonyl (C=O) groups excluding carboxylic acids is 2. The fourth-order valence-corrected chi connectivity index (χ4v) is 2.68. The monoisotopic (exact) mass is 374 g/mol. The Morgan fingerprint density at radius 3 is 2.33 bits per heavy atom. The van der Waals surface area contributed by atoms with Crippen LogP contribution in [0.25, 0.3) is 0 Å². The number of nitrogens with one attached hydrogen (secondary N) is 3. The highest BCUT2D eigenvalue weighted by atomic mass is 35.5. The average molecular weight is 375 g/mol. The van der Waals surface area contributed by atoms with Crippen molar-refractivity contribution in [2.45, 2.75) is 44.3 Å². The number of carbonyl (C=O) groups is 2. The average Bonchev–Trinajstić information content (AvgIpc) is 2.54. The van der Waals surface area contributed by atoms with Crippen LogP contribution >= 0.6 is 24.0 Å². The molecule has 0 atom stereocenters. The Hall–Kier alpha value is -1.50. The number of rotatable bonds is 5. The van der Waals surface area contributed by atoms with E-state index >= 15 is 0 Å². The van der Waals surface area contributed by atoms with Crippen LogP contribution in [0.3, 0.4) is 0 Å². The molecular formula is C16H24Cl2N4O2. The minimum Gasteiger partial charge on any atom is -0.352 e. The summed E-state index contributed by atoms with van der Waals surface area (Å²) in [6.07, 6.45) is 3.66. The predicted molar refractivity (Wildman–Crippen MR) is 97.3 cm³/mol. The van der Waals surface area contributed by atoms with E-state index < -0.39 is 0 Å². The zero-order chi connectivity index (χ0) is 16.7. The summed E-state index contributed by atoms with van der Waals surface area (Å²) in [5.74, 6) is -0.174. The van der Waals surface area contributed by atoms with Gasteiger partial charge in [0.05, 0.1) is 6.54 Å². The van der Waals surface area contributed by atoms with E-state index in [1.165, 1.54) is 0 Å². The number of amides is 3. The summed E-state index contributed by atoms with van der Waals surface area (Å²) in [5.41, 5.74) is 6.77. The molecule has 1 aliphatic carbocycles. The molecule has 0 spiro atoms. The van der Waals surface area contributed by atoms with Crippen LogP contribution in [0.2, 0.25) is 5.02 Å². The van der Waals surface area contributed by atoms with Crippen molar-refractivity contribution in [3.63, 3.8) is 0 Å². The van der Waals surface area contributed by atoms with Gasteiger partial charge in [-0.3, -0.25) is 4.79 Å². The molecule has 5 N–H and O–H groups in total. The Morgan fingerprint density at radius 1 is 1.08 bits per heavy atom. The second kappa shape index (κ2) is 10.4. The van der Waals surface area contributed by atoms with Crippen LogP contribution in [0.5, 0.6) is 0 Å². The quantitative estimate of drug-likeness (QED) is 0.633. The Morgan fingerprint density at radius 2 is 1.71 bits per heavy atom. The van der Waals surface area contributed by atoms with Gasteiger partial charge in [0.2, 0.25) is 5.91 Å². The number of nitrogens with two attached hydrogens (primary N) is 1. The molecule has 134 valence electrons. The molecule has 0 saturated heterocycles. The third-order valence-corrected chi connectivity index (χ3v) is 4.16. The molecule has 2 rings (SSSR count). The van der Waals surface area contributed by atoms with E-state index in [0.717, 1.165) is 31.2 Å². The minimum absolute atomic E-state index is 0. The highest BCUT2D eigenvalue weighted by molar-refractivity contribution is 6.30. The van der Waals surface area contributed by atoms with Gasteiger partial charge in [-0.25, -0.2) is 4.79 Å². The maximum Gasteiger partial charge on any atom is 0.315 e. The lowest BCUT2D eigenvalue weighted by molar-refractivity contribution is -0.121. The van der Waals surface area contributed by atoms with Crippen LogP contribution in [-0.4, -0.2) is 30.6 Å². The predicted octanol–water partition coefficient (Wildman–Crippen LogP) is 1.95. The molecule has 1 aliphatic rings. The molecule has 0 aromatic heterocycles.